The number of nitrogens with two attached hydrogens (primary N) is 1. The Morgan fingerprint density at radius 1 is 1.58 bits per heavy atom. The highest BCUT2D eigenvalue weighted by atomic mass is 16.6. The number of nitrogen functional groups attached to an aromatic ring is 1. The van der Waals surface area contributed by atoms with E-state index < -0.39 is 5.60 Å². The molecule has 6 heteroatoms. The van der Waals surface area contributed by atoms with Gasteiger partial charge in [0.25, 0.3) is 0 Å². The highest BCUT2D eigenvalue weighted by molar-refractivity contribution is 5.68. The summed E-state index contributed by atoms with van der Waals surface area (Å²) in [4.78, 5) is 13.7. The van der Waals surface area contributed by atoms with Gasteiger partial charge in [0.05, 0.1) is 0 Å². The molecule has 1 aromatic heterocycles. The fourth-order valence-corrected chi connectivity index (χ4v) is 2.20. The van der Waals surface area contributed by atoms with E-state index in [4.69, 9.17) is 15.0 Å². The second-order valence-corrected chi connectivity index (χ2v) is 5.92. The van der Waals surface area contributed by atoms with Crippen molar-refractivity contribution in [2.45, 2.75) is 45.1 Å². The monoisotopic (exact) mass is 267 g/mol. The van der Waals surface area contributed by atoms with E-state index in [0.29, 0.717) is 12.4 Å². The lowest BCUT2D eigenvalue weighted by Gasteiger charge is -2.33. The van der Waals surface area contributed by atoms with Gasteiger partial charge in [-0.1, -0.05) is 5.16 Å². The molecule has 1 amide bonds. The van der Waals surface area contributed by atoms with Crippen LogP contribution >= 0.6 is 0 Å². The number of hydrogen-bond donors (Lipinski definition) is 1. The van der Waals surface area contributed by atoms with Gasteiger partial charge in [0.15, 0.2) is 5.82 Å². The van der Waals surface area contributed by atoms with Crippen LogP contribution in [0.2, 0.25) is 0 Å². The van der Waals surface area contributed by atoms with Crippen LogP contribution in [0.15, 0.2) is 10.6 Å². The van der Waals surface area contributed by atoms with Gasteiger partial charge in [-0.25, -0.2) is 4.79 Å². The van der Waals surface area contributed by atoms with Crippen LogP contribution in [0.3, 0.4) is 0 Å². The molecule has 19 heavy (non-hydrogen) atoms. The van der Waals surface area contributed by atoms with Crippen LogP contribution in [0.5, 0.6) is 0 Å². The van der Waals surface area contributed by atoms with Gasteiger partial charge in [0.2, 0.25) is 0 Å². The number of carbonyl (C=O) groups excluding carboxylic acids is 1. The zero-order chi connectivity index (χ0) is 14.0. The van der Waals surface area contributed by atoms with E-state index in [-0.39, 0.29) is 12.0 Å². The molecule has 1 aromatic rings. The van der Waals surface area contributed by atoms with E-state index in [1.807, 2.05) is 20.8 Å². The van der Waals surface area contributed by atoms with Gasteiger partial charge in [-0.05, 0) is 33.6 Å². The molecule has 1 atom stereocenters. The van der Waals surface area contributed by atoms with Crippen molar-refractivity contribution in [2.24, 2.45) is 0 Å². The molecule has 106 valence electrons. The number of nitrogens with zero attached hydrogens (tertiary/aromatic N) is 2. The average Bonchev–Trinajstić information content (AvgIpc) is 2.74. The molecule has 2 rings (SSSR count). The first-order valence-corrected chi connectivity index (χ1v) is 6.55. The topological polar surface area (TPSA) is 81.6 Å². The van der Waals surface area contributed by atoms with Gasteiger partial charge < -0.3 is 19.9 Å². The Kier molecular flexibility index (Phi) is 3.68. The number of rotatable bonds is 1. The summed E-state index contributed by atoms with van der Waals surface area (Å²) in [5.74, 6) is 1.27. The number of aromatic nitrogens is 1. The summed E-state index contributed by atoms with van der Waals surface area (Å²) in [6.07, 6.45) is 1.61. The molecule has 6 nitrogen and oxygen atoms in total. The third-order valence-corrected chi connectivity index (χ3v) is 3.02. The zero-order valence-electron chi connectivity index (χ0n) is 11.7. The van der Waals surface area contributed by atoms with Crippen LogP contribution < -0.4 is 5.73 Å². The predicted molar refractivity (Wildman–Crippen MR) is 70.7 cm³/mol. The summed E-state index contributed by atoms with van der Waals surface area (Å²) >= 11 is 0. The van der Waals surface area contributed by atoms with E-state index in [0.717, 1.165) is 25.1 Å². The number of piperidine rings is 1. The van der Waals surface area contributed by atoms with Crippen molar-refractivity contribution >= 4 is 11.9 Å². The lowest BCUT2D eigenvalue weighted by atomic mass is 9.96. The molecule has 2 N–H and O–H groups in total. The van der Waals surface area contributed by atoms with Crippen molar-refractivity contribution in [1.29, 1.82) is 0 Å². The smallest absolute Gasteiger partial charge is 0.410 e. The molecule has 0 aliphatic carbocycles. The van der Waals surface area contributed by atoms with Gasteiger partial charge in [0, 0.05) is 25.1 Å². The Morgan fingerprint density at radius 3 is 2.89 bits per heavy atom. The van der Waals surface area contributed by atoms with Crippen molar-refractivity contribution in [3.63, 3.8) is 0 Å². The highest BCUT2D eigenvalue weighted by Gasteiger charge is 2.30. The summed E-state index contributed by atoms with van der Waals surface area (Å²) in [6, 6.07) is 1.73. The zero-order valence-corrected chi connectivity index (χ0v) is 11.7. The minimum atomic E-state index is -0.472. The fraction of sp³-hybridized carbons (Fsp3) is 0.692. The largest absolute Gasteiger partial charge is 0.444 e. The van der Waals surface area contributed by atoms with E-state index in [1.54, 1.807) is 11.0 Å². The Bertz CT molecular complexity index is 450. The van der Waals surface area contributed by atoms with Crippen LogP contribution in [-0.4, -0.2) is 34.8 Å². The first kappa shape index (κ1) is 13.7. The second kappa shape index (κ2) is 5.11. The summed E-state index contributed by atoms with van der Waals surface area (Å²) in [5.41, 5.74) is 5.08. The lowest BCUT2D eigenvalue weighted by Crippen LogP contribution is -2.42. The Labute approximate surface area is 112 Å². The molecule has 1 aliphatic heterocycles. The van der Waals surface area contributed by atoms with Gasteiger partial charge >= 0.3 is 6.09 Å². The normalized spacial score (nSPS) is 20.4. The maximum absolute atomic E-state index is 12.0. The van der Waals surface area contributed by atoms with Crippen LogP contribution in [0.1, 0.15) is 45.3 Å². The molecular weight excluding hydrogens is 246 g/mol. The van der Waals surface area contributed by atoms with E-state index in [9.17, 15) is 4.79 Å². The molecule has 0 radical (unpaired) electrons. The molecule has 0 aromatic carbocycles. The number of likely N-dealkylation sites (tertiary alicyclic amines) is 1. The molecule has 0 bridgehead atoms. The number of carbonyl (C=O) groups is 1. The summed E-state index contributed by atoms with van der Waals surface area (Å²) < 4.78 is 10.6. The van der Waals surface area contributed by atoms with Crippen LogP contribution in [0.25, 0.3) is 0 Å². The molecule has 2 heterocycles. The Morgan fingerprint density at radius 2 is 2.32 bits per heavy atom. The van der Waals surface area contributed by atoms with Gasteiger partial charge in [0.1, 0.15) is 11.4 Å². The van der Waals surface area contributed by atoms with E-state index in [1.165, 1.54) is 0 Å². The maximum Gasteiger partial charge on any atom is 0.410 e. The van der Waals surface area contributed by atoms with Crippen molar-refractivity contribution in [1.82, 2.24) is 10.1 Å². The van der Waals surface area contributed by atoms with Crippen molar-refractivity contribution in [3.8, 4) is 0 Å². The van der Waals surface area contributed by atoms with Crippen LogP contribution in [0, 0.1) is 0 Å². The van der Waals surface area contributed by atoms with Gasteiger partial charge in [-0.3, -0.25) is 0 Å². The third kappa shape index (κ3) is 3.62. The molecular formula is C13H21N3O3. The quantitative estimate of drug-likeness (QED) is 0.844. The molecule has 0 saturated carbocycles. The Balaban J connectivity index is 1.99. The van der Waals surface area contributed by atoms with Gasteiger partial charge in [-0.2, -0.15) is 0 Å². The number of anilines is 1. The van der Waals surface area contributed by atoms with Crippen LogP contribution in [-0.2, 0) is 4.74 Å². The predicted octanol–water partition coefficient (Wildman–Crippen LogP) is 2.37. The maximum atomic E-state index is 12.0. The standard InChI is InChI=1S/C13H21N3O3/c1-13(2,3)18-12(17)16-6-4-5-9(8-16)10-7-11(14)15-19-10/h7,9H,4-6,8H2,1-3H3,(H2,14,15). The first-order chi connectivity index (χ1) is 8.85. The minimum Gasteiger partial charge on any atom is -0.444 e. The number of ether oxygens (including phenoxy) is 1. The van der Waals surface area contributed by atoms with Crippen molar-refractivity contribution in [2.75, 3.05) is 18.8 Å². The number of amides is 1. The molecule has 0 spiro atoms. The highest BCUT2D eigenvalue weighted by Crippen LogP contribution is 2.28. The van der Waals surface area contributed by atoms with E-state index in [2.05, 4.69) is 5.16 Å². The van der Waals surface area contributed by atoms with Crippen molar-refractivity contribution in [3.05, 3.63) is 11.8 Å². The molecule has 1 aliphatic rings. The van der Waals surface area contributed by atoms with E-state index >= 15 is 0 Å². The summed E-state index contributed by atoms with van der Waals surface area (Å²) in [5, 5.41) is 3.69. The molecule has 1 fully saturated rings. The molecule has 1 unspecified atom stereocenters. The van der Waals surface area contributed by atoms with Gasteiger partial charge in [-0.15, -0.1) is 0 Å². The molecule has 1 saturated heterocycles. The Hall–Kier alpha value is -1.72. The third-order valence-electron chi connectivity index (χ3n) is 3.02. The lowest BCUT2D eigenvalue weighted by molar-refractivity contribution is 0.0190. The first-order valence-electron chi connectivity index (χ1n) is 6.55. The summed E-state index contributed by atoms with van der Waals surface area (Å²) in [7, 11) is 0. The number of hydrogen-bond acceptors (Lipinski definition) is 5. The minimum absolute atomic E-state index is 0.145. The summed E-state index contributed by atoms with van der Waals surface area (Å²) in [6.45, 7) is 6.90. The van der Waals surface area contributed by atoms with Crippen LogP contribution in [0.4, 0.5) is 10.6 Å². The van der Waals surface area contributed by atoms with Crippen molar-refractivity contribution < 1.29 is 14.1 Å². The second-order valence-electron chi connectivity index (χ2n) is 5.92. The SMILES string of the molecule is CC(C)(C)OC(=O)N1CCCC(c2cc(N)no2)C1. The average molecular weight is 267 g/mol. The fourth-order valence-electron chi connectivity index (χ4n) is 2.20.